The molecule has 3 rings (SSSR count). The number of hydrogen-bond donors (Lipinski definition) is 2. The lowest BCUT2D eigenvalue weighted by molar-refractivity contribution is -0.124. The Balaban J connectivity index is 1.91. The Labute approximate surface area is 200 Å². The predicted molar refractivity (Wildman–Crippen MR) is 129 cm³/mol. The van der Waals surface area contributed by atoms with Crippen LogP contribution in [0.5, 0.6) is 0 Å². The van der Waals surface area contributed by atoms with Crippen molar-refractivity contribution < 1.29 is 23.9 Å². The van der Waals surface area contributed by atoms with Crippen LogP contribution >= 0.6 is 0 Å². The van der Waals surface area contributed by atoms with Gasteiger partial charge < -0.3 is 20.1 Å². The average Bonchev–Trinajstić information content (AvgIpc) is 3.40. The molecule has 0 radical (unpaired) electrons. The third kappa shape index (κ3) is 5.94. The molecule has 1 saturated carbocycles. The molecule has 186 valence electrons. The number of rotatable bonds is 7. The molecule has 0 saturated heterocycles. The van der Waals surface area contributed by atoms with Gasteiger partial charge in [-0.15, -0.1) is 0 Å². The molecule has 1 amide bonds. The normalized spacial score (nSPS) is 15.5. The van der Waals surface area contributed by atoms with Gasteiger partial charge in [0.05, 0.1) is 18.7 Å². The number of carbonyl (C=O) groups excluding carboxylic acids is 3. The number of amides is 1. The van der Waals surface area contributed by atoms with Crippen LogP contribution in [0.2, 0.25) is 0 Å². The maximum atomic E-state index is 12.9. The van der Waals surface area contributed by atoms with Crippen molar-refractivity contribution >= 4 is 29.0 Å². The third-order valence-corrected chi connectivity index (χ3v) is 5.93. The van der Waals surface area contributed by atoms with Crippen molar-refractivity contribution in [2.24, 2.45) is 5.92 Å². The van der Waals surface area contributed by atoms with Gasteiger partial charge in [-0.2, -0.15) is 0 Å². The summed E-state index contributed by atoms with van der Waals surface area (Å²) in [5, 5.41) is 7.00. The van der Waals surface area contributed by atoms with Gasteiger partial charge in [-0.3, -0.25) is 4.79 Å². The van der Waals surface area contributed by atoms with E-state index in [2.05, 4.69) is 15.6 Å². The number of ether oxygens (including phenoxy) is 2. The van der Waals surface area contributed by atoms with Gasteiger partial charge in [-0.1, -0.05) is 26.7 Å². The van der Waals surface area contributed by atoms with Gasteiger partial charge in [0.2, 0.25) is 5.91 Å². The Morgan fingerprint density at radius 3 is 2.47 bits per heavy atom. The summed E-state index contributed by atoms with van der Waals surface area (Å²) >= 11 is 0. The quantitative estimate of drug-likeness (QED) is 0.590. The molecule has 0 aliphatic heterocycles. The molecule has 0 aromatic carbocycles. The number of nitrogens with one attached hydrogen (secondary N) is 2. The number of esters is 1. The first kappa shape index (κ1) is 25.7. The Kier molecular flexibility index (Phi) is 7.97. The Morgan fingerprint density at radius 2 is 1.88 bits per heavy atom. The number of pyridine rings is 1. The SMILES string of the molecule is COC(=O)c1cn(C(=O)OC(C)(C)C)c2nccc(CNC(C(=O)NC3CCCC3)C(C)C)c12. The third-order valence-electron chi connectivity index (χ3n) is 5.93. The molecule has 0 bridgehead atoms. The van der Waals surface area contributed by atoms with Gasteiger partial charge >= 0.3 is 12.1 Å². The van der Waals surface area contributed by atoms with Gasteiger partial charge in [0.1, 0.15) is 5.60 Å². The van der Waals surface area contributed by atoms with Crippen LogP contribution < -0.4 is 10.6 Å². The predicted octanol–water partition coefficient (Wildman–Crippen LogP) is 3.78. The minimum Gasteiger partial charge on any atom is -0.465 e. The standard InChI is InChI=1S/C25H36N4O5/c1-15(2)20(22(30)28-17-9-7-8-10-17)27-13-16-11-12-26-21-19(16)18(23(31)33-6)14-29(21)24(32)34-25(3,4)5/h11-12,14-15,17,20,27H,7-10,13H2,1-6H3,(H,28,30). The van der Waals surface area contributed by atoms with Gasteiger partial charge in [0.25, 0.3) is 0 Å². The zero-order valence-corrected chi connectivity index (χ0v) is 20.9. The molecular formula is C25H36N4O5. The first-order chi connectivity index (χ1) is 16.0. The van der Waals surface area contributed by atoms with Crippen LogP contribution in [0, 0.1) is 5.92 Å². The second-order valence-corrected chi connectivity index (χ2v) is 10.1. The van der Waals surface area contributed by atoms with Crippen LogP contribution in [0.15, 0.2) is 18.5 Å². The largest absolute Gasteiger partial charge is 0.465 e. The maximum absolute atomic E-state index is 12.9. The highest BCUT2D eigenvalue weighted by molar-refractivity contribution is 6.06. The summed E-state index contributed by atoms with van der Waals surface area (Å²) in [6.07, 6.45) is 6.65. The van der Waals surface area contributed by atoms with Gasteiger partial charge in [-0.25, -0.2) is 19.1 Å². The van der Waals surface area contributed by atoms with E-state index < -0.39 is 23.7 Å². The molecule has 9 nitrogen and oxygen atoms in total. The van der Waals surface area contributed by atoms with E-state index in [1.165, 1.54) is 17.9 Å². The van der Waals surface area contributed by atoms with Crippen LogP contribution in [0.3, 0.4) is 0 Å². The Bertz CT molecular complexity index is 1050. The second-order valence-electron chi connectivity index (χ2n) is 10.1. The van der Waals surface area contributed by atoms with Crippen molar-refractivity contribution in [3.63, 3.8) is 0 Å². The van der Waals surface area contributed by atoms with E-state index >= 15 is 0 Å². The summed E-state index contributed by atoms with van der Waals surface area (Å²) in [5.74, 6) is -0.544. The summed E-state index contributed by atoms with van der Waals surface area (Å²) in [7, 11) is 1.29. The molecule has 1 fully saturated rings. The summed E-state index contributed by atoms with van der Waals surface area (Å²) in [5.41, 5.74) is 0.525. The second kappa shape index (κ2) is 10.5. The van der Waals surface area contributed by atoms with E-state index in [9.17, 15) is 14.4 Å². The fourth-order valence-electron chi connectivity index (χ4n) is 4.29. The van der Waals surface area contributed by atoms with E-state index in [0.29, 0.717) is 17.6 Å². The minimum absolute atomic E-state index is 0.0216. The lowest BCUT2D eigenvalue weighted by Crippen LogP contribution is -2.49. The number of nitrogens with zero attached hydrogens (tertiary/aromatic N) is 2. The highest BCUT2D eigenvalue weighted by atomic mass is 16.6. The highest BCUT2D eigenvalue weighted by Gasteiger charge is 2.28. The molecular weight excluding hydrogens is 436 g/mol. The number of hydrogen-bond acceptors (Lipinski definition) is 7. The fraction of sp³-hybridized carbons (Fsp3) is 0.600. The fourth-order valence-corrected chi connectivity index (χ4v) is 4.29. The first-order valence-corrected chi connectivity index (χ1v) is 11.9. The van der Waals surface area contributed by atoms with E-state index in [-0.39, 0.29) is 23.4 Å². The zero-order chi connectivity index (χ0) is 25.0. The lowest BCUT2D eigenvalue weighted by Gasteiger charge is -2.24. The van der Waals surface area contributed by atoms with Crippen LogP contribution in [0.25, 0.3) is 11.0 Å². The monoisotopic (exact) mass is 472 g/mol. The van der Waals surface area contributed by atoms with E-state index in [4.69, 9.17) is 9.47 Å². The molecule has 9 heteroatoms. The van der Waals surface area contributed by atoms with Gasteiger partial charge in [0, 0.05) is 30.4 Å². The molecule has 34 heavy (non-hydrogen) atoms. The van der Waals surface area contributed by atoms with Crippen molar-refractivity contribution in [3.05, 3.63) is 29.6 Å². The molecule has 1 aliphatic carbocycles. The van der Waals surface area contributed by atoms with Gasteiger partial charge in [-0.05, 0) is 51.2 Å². The number of methoxy groups -OCH3 is 1. The smallest absolute Gasteiger partial charge is 0.420 e. The molecule has 1 unspecified atom stereocenters. The molecule has 2 aromatic heterocycles. The lowest BCUT2D eigenvalue weighted by atomic mass is 10.0. The van der Waals surface area contributed by atoms with Crippen LogP contribution in [0.4, 0.5) is 4.79 Å². The summed E-state index contributed by atoms with van der Waals surface area (Å²) < 4.78 is 11.7. The summed E-state index contributed by atoms with van der Waals surface area (Å²) in [6.45, 7) is 9.60. The Hall–Kier alpha value is -2.94. The van der Waals surface area contributed by atoms with Crippen LogP contribution in [-0.4, -0.2) is 52.3 Å². The average molecular weight is 473 g/mol. The summed E-state index contributed by atoms with van der Waals surface area (Å²) in [6, 6.07) is 1.60. The van der Waals surface area contributed by atoms with Crippen molar-refractivity contribution in [2.75, 3.05) is 7.11 Å². The Morgan fingerprint density at radius 1 is 1.21 bits per heavy atom. The first-order valence-electron chi connectivity index (χ1n) is 11.9. The van der Waals surface area contributed by atoms with Crippen molar-refractivity contribution in [2.45, 2.75) is 84.5 Å². The van der Waals surface area contributed by atoms with Crippen molar-refractivity contribution in [1.29, 1.82) is 0 Å². The molecule has 2 heterocycles. The molecule has 2 aromatic rings. The molecule has 2 N–H and O–H groups in total. The van der Waals surface area contributed by atoms with Crippen molar-refractivity contribution in [3.8, 4) is 0 Å². The zero-order valence-electron chi connectivity index (χ0n) is 20.9. The van der Waals surface area contributed by atoms with Crippen LogP contribution in [-0.2, 0) is 20.8 Å². The molecule has 0 spiro atoms. The molecule has 1 aliphatic rings. The van der Waals surface area contributed by atoms with E-state index in [1.54, 1.807) is 33.0 Å². The van der Waals surface area contributed by atoms with E-state index in [0.717, 1.165) is 31.2 Å². The number of fused-ring (bicyclic) bond motifs is 1. The van der Waals surface area contributed by atoms with Crippen molar-refractivity contribution in [1.82, 2.24) is 20.2 Å². The van der Waals surface area contributed by atoms with Gasteiger partial charge in [0.15, 0.2) is 5.65 Å². The summed E-state index contributed by atoms with van der Waals surface area (Å²) in [4.78, 5) is 42.6. The molecule has 1 atom stereocenters. The van der Waals surface area contributed by atoms with E-state index in [1.807, 2.05) is 13.8 Å². The topological polar surface area (TPSA) is 112 Å². The minimum atomic E-state index is -0.713. The maximum Gasteiger partial charge on any atom is 0.420 e. The number of aromatic nitrogens is 2. The van der Waals surface area contributed by atoms with Crippen LogP contribution in [0.1, 0.15) is 76.2 Å². The number of carbonyl (C=O) groups is 3. The highest BCUT2D eigenvalue weighted by Crippen LogP contribution is 2.26.